The van der Waals surface area contributed by atoms with Crippen molar-refractivity contribution >= 4 is 28.6 Å². The number of carbonyl (C=O) groups is 1. The molecule has 7 heteroatoms. The first kappa shape index (κ1) is 15.1. The minimum absolute atomic E-state index is 0.0992. The molecule has 2 heterocycles. The van der Waals surface area contributed by atoms with Crippen molar-refractivity contribution < 1.29 is 13.9 Å². The lowest BCUT2D eigenvalue weighted by atomic mass is 10.2. The molecule has 3 rings (SSSR count). The van der Waals surface area contributed by atoms with Gasteiger partial charge in [0.2, 0.25) is 5.91 Å². The van der Waals surface area contributed by atoms with Crippen LogP contribution in [0.25, 0.3) is 11.1 Å². The highest BCUT2D eigenvalue weighted by Gasteiger charge is 2.17. The molecule has 0 saturated carbocycles. The largest absolute Gasteiger partial charge is 0.419 e. The number of amides is 1. The molecule has 22 heavy (non-hydrogen) atoms. The SMILES string of the molecule is O=C(CCCn1c(=O)oc2ccc(Cl)cc21)N1CCOCC1. The topological polar surface area (TPSA) is 64.7 Å². The molecular weight excluding hydrogens is 308 g/mol. The number of carbonyl (C=O) groups excluding carboxylic acids is 1. The van der Waals surface area contributed by atoms with Crippen molar-refractivity contribution in [2.75, 3.05) is 26.3 Å². The second-order valence-corrected chi connectivity index (χ2v) is 5.66. The van der Waals surface area contributed by atoms with Crippen LogP contribution in [0.1, 0.15) is 12.8 Å². The quantitative estimate of drug-likeness (QED) is 0.861. The molecule has 0 bridgehead atoms. The van der Waals surface area contributed by atoms with Gasteiger partial charge in [-0.25, -0.2) is 4.79 Å². The van der Waals surface area contributed by atoms with Crippen LogP contribution in [-0.2, 0) is 16.1 Å². The molecule has 0 unspecified atom stereocenters. The zero-order valence-corrected chi connectivity index (χ0v) is 12.8. The lowest BCUT2D eigenvalue weighted by molar-refractivity contribution is -0.135. The molecule has 118 valence electrons. The van der Waals surface area contributed by atoms with Crippen LogP contribution < -0.4 is 5.76 Å². The number of fused-ring (bicyclic) bond motifs is 1. The van der Waals surface area contributed by atoms with E-state index in [0.717, 1.165) is 0 Å². The van der Waals surface area contributed by atoms with Crippen LogP contribution in [0.3, 0.4) is 0 Å². The predicted octanol–water partition coefficient (Wildman–Crippen LogP) is 1.89. The van der Waals surface area contributed by atoms with Crippen LogP contribution in [0.2, 0.25) is 5.02 Å². The molecule has 6 nitrogen and oxygen atoms in total. The molecule has 0 aliphatic carbocycles. The van der Waals surface area contributed by atoms with E-state index < -0.39 is 5.76 Å². The number of hydrogen-bond acceptors (Lipinski definition) is 4. The van der Waals surface area contributed by atoms with E-state index >= 15 is 0 Å². The number of aryl methyl sites for hydroxylation is 1. The first-order valence-electron chi connectivity index (χ1n) is 7.29. The van der Waals surface area contributed by atoms with Crippen LogP contribution in [-0.4, -0.2) is 41.7 Å². The van der Waals surface area contributed by atoms with Gasteiger partial charge >= 0.3 is 5.76 Å². The fraction of sp³-hybridized carbons (Fsp3) is 0.467. The van der Waals surface area contributed by atoms with E-state index in [1.807, 2.05) is 0 Å². The van der Waals surface area contributed by atoms with Crippen LogP contribution in [0.15, 0.2) is 27.4 Å². The molecular formula is C15H17ClN2O4. The van der Waals surface area contributed by atoms with Crippen molar-refractivity contribution in [2.45, 2.75) is 19.4 Å². The van der Waals surface area contributed by atoms with Crippen molar-refractivity contribution in [3.05, 3.63) is 33.8 Å². The maximum Gasteiger partial charge on any atom is 0.419 e. The Bertz CT molecular complexity index is 731. The summed E-state index contributed by atoms with van der Waals surface area (Å²) in [5, 5.41) is 0.548. The number of rotatable bonds is 4. The summed E-state index contributed by atoms with van der Waals surface area (Å²) in [6, 6.07) is 5.05. The lowest BCUT2D eigenvalue weighted by Gasteiger charge is -2.26. The molecule has 1 amide bonds. The van der Waals surface area contributed by atoms with Gasteiger partial charge in [-0.1, -0.05) is 11.6 Å². The Labute approximate surface area is 132 Å². The molecule has 2 aromatic rings. The number of hydrogen-bond donors (Lipinski definition) is 0. The van der Waals surface area contributed by atoms with Crippen molar-refractivity contribution in [3.63, 3.8) is 0 Å². The third-order valence-corrected chi connectivity index (χ3v) is 4.00. The van der Waals surface area contributed by atoms with Gasteiger partial charge in [-0.05, 0) is 24.6 Å². The maximum absolute atomic E-state index is 12.1. The highest BCUT2D eigenvalue weighted by atomic mass is 35.5. The second kappa shape index (κ2) is 6.54. The molecule has 0 spiro atoms. The van der Waals surface area contributed by atoms with Crippen molar-refractivity contribution in [2.24, 2.45) is 0 Å². The van der Waals surface area contributed by atoms with E-state index in [1.165, 1.54) is 4.57 Å². The second-order valence-electron chi connectivity index (χ2n) is 5.23. The standard InChI is InChI=1S/C15H17ClN2O4/c16-11-3-4-13-12(10-11)18(15(20)22-13)5-1-2-14(19)17-6-8-21-9-7-17/h3-4,10H,1-2,5-9H2. The van der Waals surface area contributed by atoms with E-state index in [-0.39, 0.29) is 5.91 Å². The molecule has 1 aromatic carbocycles. The Balaban J connectivity index is 1.64. The van der Waals surface area contributed by atoms with Crippen LogP contribution >= 0.6 is 11.6 Å². The van der Waals surface area contributed by atoms with Crippen molar-refractivity contribution in [3.8, 4) is 0 Å². The van der Waals surface area contributed by atoms with E-state index in [1.54, 1.807) is 23.1 Å². The van der Waals surface area contributed by atoms with Crippen LogP contribution in [0.5, 0.6) is 0 Å². The van der Waals surface area contributed by atoms with Gasteiger partial charge < -0.3 is 14.1 Å². The first-order valence-corrected chi connectivity index (χ1v) is 7.67. The van der Waals surface area contributed by atoms with Gasteiger partial charge in [0.05, 0.1) is 18.7 Å². The lowest BCUT2D eigenvalue weighted by Crippen LogP contribution is -2.40. The summed E-state index contributed by atoms with van der Waals surface area (Å²) >= 11 is 5.96. The Morgan fingerprint density at radius 3 is 2.82 bits per heavy atom. The van der Waals surface area contributed by atoms with E-state index in [2.05, 4.69) is 0 Å². The molecule has 1 aliphatic heterocycles. The summed E-state index contributed by atoms with van der Waals surface area (Å²) in [6.07, 6.45) is 0.983. The van der Waals surface area contributed by atoms with Crippen molar-refractivity contribution in [1.29, 1.82) is 0 Å². The molecule has 0 radical (unpaired) electrons. The van der Waals surface area contributed by atoms with E-state index in [0.29, 0.717) is 61.8 Å². The number of benzene rings is 1. The minimum Gasteiger partial charge on any atom is -0.408 e. The average molecular weight is 325 g/mol. The van der Waals surface area contributed by atoms with Crippen LogP contribution in [0, 0.1) is 0 Å². The molecule has 1 fully saturated rings. The Hall–Kier alpha value is -1.79. The Morgan fingerprint density at radius 2 is 2.05 bits per heavy atom. The van der Waals surface area contributed by atoms with Gasteiger partial charge in [-0.3, -0.25) is 9.36 Å². The third kappa shape index (κ3) is 3.18. The summed E-state index contributed by atoms with van der Waals surface area (Å²) in [4.78, 5) is 25.7. The highest BCUT2D eigenvalue weighted by Crippen LogP contribution is 2.18. The van der Waals surface area contributed by atoms with Gasteiger partial charge in [-0.2, -0.15) is 0 Å². The highest BCUT2D eigenvalue weighted by molar-refractivity contribution is 6.31. The number of ether oxygens (including phenoxy) is 1. The normalized spacial score (nSPS) is 15.4. The number of oxazole rings is 1. The summed E-state index contributed by atoms with van der Waals surface area (Å²) in [5.74, 6) is -0.321. The number of halogens is 1. The molecule has 1 aliphatic rings. The maximum atomic E-state index is 12.1. The summed E-state index contributed by atoms with van der Waals surface area (Å²) in [6.45, 7) is 2.90. The van der Waals surface area contributed by atoms with Crippen LogP contribution in [0.4, 0.5) is 0 Å². The van der Waals surface area contributed by atoms with Gasteiger partial charge in [-0.15, -0.1) is 0 Å². The monoisotopic (exact) mass is 324 g/mol. The molecule has 1 saturated heterocycles. The van der Waals surface area contributed by atoms with E-state index in [9.17, 15) is 9.59 Å². The Morgan fingerprint density at radius 1 is 1.27 bits per heavy atom. The number of nitrogens with zero attached hydrogens (tertiary/aromatic N) is 2. The molecule has 1 aromatic heterocycles. The zero-order valence-electron chi connectivity index (χ0n) is 12.1. The number of morpholine rings is 1. The fourth-order valence-corrected chi connectivity index (χ4v) is 2.77. The Kier molecular flexibility index (Phi) is 4.49. The number of aromatic nitrogens is 1. The van der Waals surface area contributed by atoms with Gasteiger partial charge in [0, 0.05) is 31.1 Å². The average Bonchev–Trinajstić information content (AvgIpc) is 2.83. The summed E-state index contributed by atoms with van der Waals surface area (Å²) < 4.78 is 11.9. The smallest absolute Gasteiger partial charge is 0.408 e. The van der Waals surface area contributed by atoms with Crippen molar-refractivity contribution in [1.82, 2.24) is 9.47 Å². The minimum atomic E-state index is -0.420. The third-order valence-electron chi connectivity index (χ3n) is 3.77. The zero-order chi connectivity index (χ0) is 15.5. The summed E-state index contributed by atoms with van der Waals surface area (Å²) in [5.41, 5.74) is 1.17. The first-order chi connectivity index (χ1) is 10.6. The van der Waals surface area contributed by atoms with Gasteiger partial charge in [0.25, 0.3) is 0 Å². The molecule has 0 atom stereocenters. The van der Waals surface area contributed by atoms with E-state index in [4.69, 9.17) is 20.8 Å². The molecule has 0 N–H and O–H groups in total. The fourth-order valence-electron chi connectivity index (χ4n) is 2.61. The predicted molar refractivity (Wildman–Crippen MR) is 82.1 cm³/mol. The van der Waals surface area contributed by atoms with Gasteiger partial charge in [0.1, 0.15) is 0 Å². The summed E-state index contributed by atoms with van der Waals surface area (Å²) in [7, 11) is 0. The van der Waals surface area contributed by atoms with Gasteiger partial charge in [0.15, 0.2) is 5.58 Å².